The predicted octanol–water partition coefficient (Wildman–Crippen LogP) is 1.50. The third-order valence-electron chi connectivity index (χ3n) is 2.72. The molecule has 18 heavy (non-hydrogen) atoms. The Morgan fingerprint density at radius 1 is 1.33 bits per heavy atom. The average Bonchev–Trinajstić information content (AvgIpc) is 2.80. The van der Waals surface area contributed by atoms with Crippen LogP contribution in [-0.4, -0.2) is 31.0 Å². The minimum absolute atomic E-state index is 0.0884. The number of carboxylic acid groups (broad SMARTS) is 1. The largest absolute Gasteiger partial charge is 0.481 e. The molecule has 0 radical (unpaired) electrons. The van der Waals surface area contributed by atoms with Gasteiger partial charge in [0.1, 0.15) is 0 Å². The number of rotatable bonds is 4. The van der Waals surface area contributed by atoms with E-state index in [0.29, 0.717) is 18.1 Å². The van der Waals surface area contributed by atoms with Crippen molar-refractivity contribution in [1.29, 1.82) is 0 Å². The number of aromatic amines is 1. The lowest BCUT2D eigenvalue weighted by atomic mass is 10.1. The topological polar surface area (TPSA) is 91.8 Å². The highest BCUT2D eigenvalue weighted by molar-refractivity contribution is 5.67. The number of aryl methyl sites for hydroxylation is 2. The average molecular weight is 246 g/mol. The quantitative estimate of drug-likeness (QED) is 0.852. The van der Waals surface area contributed by atoms with Gasteiger partial charge in [0.25, 0.3) is 0 Å². The normalized spacial score (nSPS) is 10.6. The van der Waals surface area contributed by atoms with Crippen LogP contribution in [0.5, 0.6) is 0 Å². The van der Waals surface area contributed by atoms with Crippen LogP contribution < -0.4 is 0 Å². The van der Waals surface area contributed by atoms with Crippen molar-refractivity contribution in [2.75, 3.05) is 0 Å². The fraction of sp³-hybridized carbons (Fsp3) is 0.333. The summed E-state index contributed by atoms with van der Waals surface area (Å²) in [4.78, 5) is 26.4. The number of aromatic nitrogens is 4. The minimum atomic E-state index is -0.816. The second kappa shape index (κ2) is 4.95. The molecule has 0 aromatic carbocycles. The number of H-pyrrole nitrogens is 1. The fourth-order valence-corrected chi connectivity index (χ4v) is 1.83. The molecule has 0 spiro atoms. The number of nitrogens with one attached hydrogen (secondary N) is 1. The van der Waals surface area contributed by atoms with Gasteiger partial charge in [-0.25, -0.2) is 15.0 Å². The molecule has 6 nitrogen and oxygen atoms in total. The van der Waals surface area contributed by atoms with Crippen LogP contribution >= 0.6 is 0 Å². The summed E-state index contributed by atoms with van der Waals surface area (Å²) in [6.45, 7) is 3.72. The summed E-state index contributed by atoms with van der Waals surface area (Å²) in [7, 11) is 0. The third-order valence-corrected chi connectivity index (χ3v) is 2.72. The Kier molecular flexibility index (Phi) is 3.36. The molecule has 0 atom stereocenters. The van der Waals surface area contributed by atoms with Gasteiger partial charge in [0, 0.05) is 30.2 Å². The van der Waals surface area contributed by atoms with Gasteiger partial charge in [-0.05, 0) is 25.8 Å². The first kappa shape index (κ1) is 12.2. The zero-order valence-corrected chi connectivity index (χ0v) is 10.3. The molecule has 0 saturated heterocycles. The zero-order valence-electron chi connectivity index (χ0n) is 10.3. The standard InChI is InChI=1S/C12H14N4O2/c1-7-9(3-4-10(17)18)8(2)16-12(15-7)11-13-5-6-14-11/h5-6H,3-4H2,1-2H3,(H,13,14)(H,17,18). The van der Waals surface area contributed by atoms with E-state index in [1.54, 1.807) is 12.4 Å². The van der Waals surface area contributed by atoms with E-state index in [4.69, 9.17) is 5.11 Å². The number of carbonyl (C=O) groups is 1. The number of aliphatic carboxylic acids is 1. The molecule has 2 rings (SSSR count). The molecule has 2 heterocycles. The summed E-state index contributed by atoms with van der Waals surface area (Å²) in [6, 6.07) is 0. The van der Waals surface area contributed by atoms with Crippen molar-refractivity contribution in [3.05, 3.63) is 29.3 Å². The maximum atomic E-state index is 10.6. The van der Waals surface area contributed by atoms with Crippen molar-refractivity contribution >= 4 is 5.97 Å². The van der Waals surface area contributed by atoms with Gasteiger partial charge in [-0.2, -0.15) is 0 Å². The molecule has 94 valence electrons. The number of nitrogens with zero attached hydrogens (tertiary/aromatic N) is 3. The Hall–Kier alpha value is -2.24. The molecule has 0 aliphatic heterocycles. The molecule has 6 heteroatoms. The molecule has 0 amide bonds. The molecule has 0 saturated carbocycles. The van der Waals surface area contributed by atoms with E-state index in [-0.39, 0.29) is 6.42 Å². The van der Waals surface area contributed by atoms with E-state index in [2.05, 4.69) is 19.9 Å². The van der Waals surface area contributed by atoms with Crippen LogP contribution in [0.1, 0.15) is 23.4 Å². The van der Waals surface area contributed by atoms with E-state index in [0.717, 1.165) is 17.0 Å². The van der Waals surface area contributed by atoms with Gasteiger partial charge in [0.2, 0.25) is 0 Å². The molecule has 0 aliphatic carbocycles. The molecular weight excluding hydrogens is 232 g/mol. The molecule has 0 aliphatic rings. The third kappa shape index (κ3) is 2.53. The summed E-state index contributed by atoms with van der Waals surface area (Å²) in [5.41, 5.74) is 2.50. The van der Waals surface area contributed by atoms with Gasteiger partial charge in [-0.1, -0.05) is 0 Å². The zero-order chi connectivity index (χ0) is 13.1. The van der Waals surface area contributed by atoms with E-state index in [1.165, 1.54) is 0 Å². The Balaban J connectivity index is 2.32. The van der Waals surface area contributed by atoms with Crippen molar-refractivity contribution in [2.24, 2.45) is 0 Å². The summed E-state index contributed by atoms with van der Waals surface area (Å²) in [5, 5.41) is 8.71. The Bertz CT molecular complexity index is 540. The lowest BCUT2D eigenvalue weighted by molar-refractivity contribution is -0.136. The van der Waals surface area contributed by atoms with Crippen LogP contribution in [0.25, 0.3) is 11.6 Å². The highest BCUT2D eigenvalue weighted by Gasteiger charge is 2.12. The number of imidazole rings is 1. The van der Waals surface area contributed by atoms with Gasteiger partial charge in [-0.15, -0.1) is 0 Å². The molecule has 0 unspecified atom stereocenters. The Morgan fingerprint density at radius 2 is 2.00 bits per heavy atom. The van der Waals surface area contributed by atoms with Crippen LogP contribution in [0.2, 0.25) is 0 Å². The minimum Gasteiger partial charge on any atom is -0.481 e. The maximum Gasteiger partial charge on any atom is 0.303 e. The SMILES string of the molecule is Cc1nc(-c2ncc[nH]2)nc(C)c1CCC(=O)O. The lowest BCUT2D eigenvalue weighted by Gasteiger charge is -2.08. The smallest absolute Gasteiger partial charge is 0.303 e. The Morgan fingerprint density at radius 3 is 2.50 bits per heavy atom. The van der Waals surface area contributed by atoms with Gasteiger partial charge in [0.15, 0.2) is 11.6 Å². The fourth-order valence-electron chi connectivity index (χ4n) is 1.83. The summed E-state index contributed by atoms with van der Waals surface area (Å²) >= 11 is 0. The van der Waals surface area contributed by atoms with E-state index < -0.39 is 5.97 Å². The summed E-state index contributed by atoms with van der Waals surface area (Å²) in [5.74, 6) is 0.337. The highest BCUT2D eigenvalue weighted by Crippen LogP contribution is 2.17. The molecule has 2 N–H and O–H groups in total. The van der Waals surface area contributed by atoms with Crippen LogP contribution in [0.15, 0.2) is 12.4 Å². The van der Waals surface area contributed by atoms with Gasteiger partial charge in [-0.3, -0.25) is 4.79 Å². The van der Waals surface area contributed by atoms with Crippen molar-refractivity contribution in [2.45, 2.75) is 26.7 Å². The van der Waals surface area contributed by atoms with Crippen molar-refractivity contribution in [3.63, 3.8) is 0 Å². The van der Waals surface area contributed by atoms with Crippen molar-refractivity contribution < 1.29 is 9.90 Å². The first-order valence-electron chi connectivity index (χ1n) is 5.63. The molecule has 2 aromatic heterocycles. The number of carboxylic acids is 1. The van der Waals surface area contributed by atoms with Crippen LogP contribution in [0.4, 0.5) is 0 Å². The molecule has 2 aromatic rings. The van der Waals surface area contributed by atoms with E-state index in [1.807, 2.05) is 13.8 Å². The monoisotopic (exact) mass is 246 g/mol. The summed E-state index contributed by atoms with van der Waals surface area (Å²) < 4.78 is 0. The second-order valence-corrected chi connectivity index (χ2v) is 4.03. The van der Waals surface area contributed by atoms with Crippen LogP contribution in [-0.2, 0) is 11.2 Å². The summed E-state index contributed by atoms with van der Waals surface area (Å²) in [6.07, 6.45) is 3.89. The van der Waals surface area contributed by atoms with Crippen LogP contribution in [0, 0.1) is 13.8 Å². The first-order chi connectivity index (χ1) is 8.58. The van der Waals surface area contributed by atoms with Crippen LogP contribution in [0.3, 0.4) is 0 Å². The number of hydrogen-bond acceptors (Lipinski definition) is 4. The molecular formula is C12H14N4O2. The second-order valence-electron chi connectivity index (χ2n) is 4.03. The molecule has 0 fully saturated rings. The van der Waals surface area contributed by atoms with Gasteiger partial charge in [0.05, 0.1) is 0 Å². The molecule has 0 bridgehead atoms. The van der Waals surface area contributed by atoms with Crippen molar-refractivity contribution in [1.82, 2.24) is 19.9 Å². The van der Waals surface area contributed by atoms with Gasteiger partial charge >= 0.3 is 5.97 Å². The maximum absolute atomic E-state index is 10.6. The van der Waals surface area contributed by atoms with Crippen molar-refractivity contribution in [3.8, 4) is 11.6 Å². The number of hydrogen-bond donors (Lipinski definition) is 2. The Labute approximate surface area is 104 Å². The van der Waals surface area contributed by atoms with E-state index >= 15 is 0 Å². The van der Waals surface area contributed by atoms with Gasteiger partial charge < -0.3 is 10.1 Å². The highest BCUT2D eigenvalue weighted by atomic mass is 16.4. The predicted molar refractivity (Wildman–Crippen MR) is 65.0 cm³/mol. The van der Waals surface area contributed by atoms with E-state index in [9.17, 15) is 4.79 Å². The first-order valence-corrected chi connectivity index (χ1v) is 5.63. The lowest BCUT2D eigenvalue weighted by Crippen LogP contribution is -2.06.